The van der Waals surface area contributed by atoms with Gasteiger partial charge >= 0.3 is 7.60 Å². The molecule has 0 aliphatic rings. The molecule has 0 spiro atoms. The van der Waals surface area contributed by atoms with E-state index in [-0.39, 0.29) is 0 Å². The minimum atomic E-state index is -2.99. The molecule has 0 unspecified atom stereocenters. The summed E-state index contributed by atoms with van der Waals surface area (Å²) >= 11 is 11.8. The minimum absolute atomic E-state index is 0.319. The standard InChI is InChI=1S/C13H19Cl2O4P/c1-3-18-20(16,19-4-2)9-5-8-17-13-7-6-11(14)10-12(13)15/h6-7,10H,3-5,8-9H2,1-2H3. The van der Waals surface area contributed by atoms with E-state index in [0.29, 0.717) is 48.2 Å². The van der Waals surface area contributed by atoms with E-state index in [9.17, 15) is 4.57 Å². The van der Waals surface area contributed by atoms with Crippen molar-refractivity contribution in [2.24, 2.45) is 0 Å². The Morgan fingerprint density at radius 2 is 1.80 bits per heavy atom. The number of hydrogen-bond donors (Lipinski definition) is 0. The summed E-state index contributed by atoms with van der Waals surface area (Å²) in [6.45, 7) is 4.68. The van der Waals surface area contributed by atoms with Gasteiger partial charge in [0.15, 0.2) is 0 Å². The van der Waals surface area contributed by atoms with Gasteiger partial charge in [0.25, 0.3) is 0 Å². The molecule has 0 heterocycles. The van der Waals surface area contributed by atoms with E-state index in [1.807, 2.05) is 0 Å². The summed E-state index contributed by atoms with van der Waals surface area (Å²) in [5.41, 5.74) is 0. The summed E-state index contributed by atoms with van der Waals surface area (Å²) in [6, 6.07) is 5.02. The molecular formula is C13H19Cl2O4P. The summed E-state index contributed by atoms with van der Waals surface area (Å²) in [6.07, 6.45) is 0.871. The fourth-order valence-corrected chi connectivity index (χ4v) is 3.69. The van der Waals surface area contributed by atoms with Crippen molar-refractivity contribution in [3.8, 4) is 5.75 Å². The molecule has 0 saturated carbocycles. The summed E-state index contributed by atoms with van der Waals surface area (Å²) in [5, 5.41) is 1.01. The third-order valence-electron chi connectivity index (χ3n) is 2.38. The third-order valence-corrected chi connectivity index (χ3v) is 5.08. The number of hydrogen-bond acceptors (Lipinski definition) is 4. The van der Waals surface area contributed by atoms with Gasteiger partial charge in [0.2, 0.25) is 0 Å². The van der Waals surface area contributed by atoms with Crippen LogP contribution in [0.25, 0.3) is 0 Å². The lowest BCUT2D eigenvalue weighted by molar-refractivity contribution is 0.216. The van der Waals surface area contributed by atoms with Gasteiger partial charge in [0.1, 0.15) is 5.75 Å². The van der Waals surface area contributed by atoms with Crippen LogP contribution in [0.15, 0.2) is 18.2 Å². The summed E-state index contributed by atoms with van der Waals surface area (Å²) in [4.78, 5) is 0. The highest BCUT2D eigenvalue weighted by molar-refractivity contribution is 7.53. The minimum Gasteiger partial charge on any atom is -0.492 e. The third kappa shape index (κ3) is 6.02. The van der Waals surface area contributed by atoms with Gasteiger partial charge in [-0.2, -0.15) is 0 Å². The highest BCUT2D eigenvalue weighted by Gasteiger charge is 2.22. The zero-order valence-electron chi connectivity index (χ0n) is 11.6. The topological polar surface area (TPSA) is 44.8 Å². The predicted molar refractivity (Wildman–Crippen MR) is 82.3 cm³/mol. The molecule has 0 N–H and O–H groups in total. The van der Waals surface area contributed by atoms with Crippen LogP contribution in [0, 0.1) is 0 Å². The second-order valence-electron chi connectivity index (χ2n) is 3.95. The molecule has 7 heteroatoms. The monoisotopic (exact) mass is 340 g/mol. The predicted octanol–water partition coefficient (Wildman–Crippen LogP) is 5.03. The molecule has 1 aromatic rings. The Kier molecular flexibility index (Phi) is 7.93. The maximum Gasteiger partial charge on any atom is 0.330 e. The van der Waals surface area contributed by atoms with Gasteiger partial charge in [-0.3, -0.25) is 4.57 Å². The quantitative estimate of drug-likeness (QED) is 0.467. The largest absolute Gasteiger partial charge is 0.492 e. The lowest BCUT2D eigenvalue weighted by Crippen LogP contribution is -2.05. The first-order valence-corrected chi connectivity index (χ1v) is 8.95. The van der Waals surface area contributed by atoms with Crippen LogP contribution in [0.2, 0.25) is 10.0 Å². The Balaban J connectivity index is 2.42. The Morgan fingerprint density at radius 1 is 1.15 bits per heavy atom. The Hall–Kier alpha value is -0.250. The molecule has 0 bridgehead atoms. The van der Waals surface area contributed by atoms with Crippen molar-refractivity contribution in [1.29, 1.82) is 0 Å². The van der Waals surface area contributed by atoms with Crippen LogP contribution >= 0.6 is 30.8 Å². The van der Waals surface area contributed by atoms with Crippen molar-refractivity contribution < 1.29 is 18.3 Å². The van der Waals surface area contributed by atoms with Gasteiger partial charge in [-0.15, -0.1) is 0 Å². The van der Waals surface area contributed by atoms with Crippen LogP contribution in [-0.2, 0) is 13.6 Å². The first-order chi connectivity index (χ1) is 9.50. The van der Waals surface area contributed by atoms with Crippen molar-refractivity contribution >= 4 is 30.8 Å². The Bertz CT molecular complexity index is 458. The number of halogens is 2. The highest BCUT2D eigenvalue weighted by Crippen LogP contribution is 2.48. The molecule has 0 saturated heterocycles. The molecule has 114 valence electrons. The van der Waals surface area contributed by atoms with Gasteiger partial charge in [-0.1, -0.05) is 23.2 Å². The molecular weight excluding hydrogens is 322 g/mol. The molecule has 0 radical (unpaired) electrons. The molecule has 0 aliphatic heterocycles. The van der Waals surface area contributed by atoms with E-state index in [0.717, 1.165) is 0 Å². The maximum atomic E-state index is 12.2. The molecule has 4 nitrogen and oxygen atoms in total. The zero-order chi connectivity index (χ0) is 15.0. The van der Waals surface area contributed by atoms with Gasteiger partial charge in [-0.05, 0) is 38.5 Å². The van der Waals surface area contributed by atoms with E-state index in [1.165, 1.54) is 0 Å². The summed E-state index contributed by atoms with van der Waals surface area (Å²) in [5.74, 6) is 0.554. The summed E-state index contributed by atoms with van der Waals surface area (Å²) < 4.78 is 28.1. The summed E-state index contributed by atoms with van der Waals surface area (Å²) in [7, 11) is -2.99. The van der Waals surface area contributed by atoms with Crippen LogP contribution < -0.4 is 4.74 Å². The normalized spacial score (nSPS) is 11.6. The van der Waals surface area contributed by atoms with Gasteiger partial charge in [-0.25, -0.2) is 0 Å². The maximum absolute atomic E-state index is 12.2. The number of rotatable bonds is 9. The molecule has 0 atom stereocenters. The smallest absolute Gasteiger partial charge is 0.330 e. The highest BCUT2D eigenvalue weighted by atomic mass is 35.5. The Morgan fingerprint density at radius 3 is 2.35 bits per heavy atom. The lowest BCUT2D eigenvalue weighted by Gasteiger charge is -2.17. The van der Waals surface area contributed by atoms with Gasteiger partial charge in [0, 0.05) is 5.02 Å². The second kappa shape index (κ2) is 8.91. The Labute approximate surface area is 129 Å². The van der Waals surface area contributed by atoms with E-state index < -0.39 is 7.60 Å². The van der Waals surface area contributed by atoms with Gasteiger partial charge < -0.3 is 13.8 Å². The lowest BCUT2D eigenvalue weighted by atomic mass is 10.3. The van der Waals surface area contributed by atoms with Crippen molar-refractivity contribution in [2.45, 2.75) is 20.3 Å². The van der Waals surface area contributed by atoms with Crippen molar-refractivity contribution in [3.63, 3.8) is 0 Å². The number of benzene rings is 1. The van der Waals surface area contributed by atoms with E-state index in [1.54, 1.807) is 32.0 Å². The molecule has 0 amide bonds. The molecule has 20 heavy (non-hydrogen) atoms. The van der Waals surface area contributed by atoms with Crippen LogP contribution in [0.3, 0.4) is 0 Å². The van der Waals surface area contributed by atoms with Crippen LogP contribution in [0.5, 0.6) is 5.75 Å². The zero-order valence-corrected chi connectivity index (χ0v) is 14.0. The molecule has 0 fully saturated rings. The molecule has 0 aromatic heterocycles. The number of ether oxygens (including phenoxy) is 1. The van der Waals surface area contributed by atoms with Crippen molar-refractivity contribution in [2.75, 3.05) is 26.0 Å². The SMILES string of the molecule is CCOP(=O)(CCCOc1ccc(Cl)cc1Cl)OCC. The van der Waals surface area contributed by atoms with Crippen LogP contribution in [0.1, 0.15) is 20.3 Å². The van der Waals surface area contributed by atoms with E-state index in [2.05, 4.69) is 0 Å². The molecule has 1 aromatic carbocycles. The molecule has 0 aliphatic carbocycles. The first kappa shape index (κ1) is 17.8. The van der Waals surface area contributed by atoms with Crippen molar-refractivity contribution in [3.05, 3.63) is 28.2 Å². The van der Waals surface area contributed by atoms with E-state index >= 15 is 0 Å². The second-order valence-corrected chi connectivity index (χ2v) is 6.98. The van der Waals surface area contributed by atoms with Crippen LogP contribution in [0.4, 0.5) is 0 Å². The van der Waals surface area contributed by atoms with Crippen molar-refractivity contribution in [1.82, 2.24) is 0 Å². The fraction of sp³-hybridized carbons (Fsp3) is 0.538. The molecule has 1 rings (SSSR count). The average Bonchev–Trinajstić information content (AvgIpc) is 2.37. The van der Waals surface area contributed by atoms with E-state index in [4.69, 9.17) is 37.0 Å². The average molecular weight is 341 g/mol. The van der Waals surface area contributed by atoms with Crippen LogP contribution in [-0.4, -0.2) is 26.0 Å². The van der Waals surface area contributed by atoms with Gasteiger partial charge in [0.05, 0.1) is 31.0 Å². The first-order valence-electron chi connectivity index (χ1n) is 6.46. The fourth-order valence-electron chi connectivity index (χ4n) is 1.59.